The lowest BCUT2D eigenvalue weighted by Gasteiger charge is -2.14. The van der Waals surface area contributed by atoms with Gasteiger partial charge in [0.1, 0.15) is 0 Å². The summed E-state index contributed by atoms with van der Waals surface area (Å²) < 4.78 is 1.85. The van der Waals surface area contributed by atoms with E-state index in [1.807, 2.05) is 30.7 Å². The maximum absolute atomic E-state index is 12.0. The smallest absolute Gasteiger partial charge is 0.227 e. The molecule has 2 N–H and O–H groups in total. The van der Waals surface area contributed by atoms with Gasteiger partial charge in [0.2, 0.25) is 5.91 Å². The van der Waals surface area contributed by atoms with Gasteiger partial charge in [0, 0.05) is 35.8 Å². The van der Waals surface area contributed by atoms with Gasteiger partial charge >= 0.3 is 0 Å². The van der Waals surface area contributed by atoms with Crippen LogP contribution in [-0.2, 0) is 16.8 Å². The third-order valence-corrected chi connectivity index (χ3v) is 3.31. The Hall–Kier alpha value is -2.11. The third kappa shape index (κ3) is 3.93. The molecule has 0 radical (unpaired) electrons. The summed E-state index contributed by atoms with van der Waals surface area (Å²) in [5.41, 5.74) is 3.01. The van der Waals surface area contributed by atoms with Crippen LogP contribution < -0.4 is 5.32 Å². The Balaban J connectivity index is 1.90. The van der Waals surface area contributed by atoms with Crippen LogP contribution in [0.1, 0.15) is 44.3 Å². The second kappa shape index (κ2) is 5.71. The fraction of sp³-hybridized carbons (Fsp3) is 0.533. The second-order valence-corrected chi connectivity index (χ2v) is 6.37. The van der Waals surface area contributed by atoms with E-state index in [0.29, 0.717) is 18.8 Å². The number of H-pyrrole nitrogens is 1. The molecule has 114 valence electrons. The number of rotatable bonds is 4. The molecule has 0 aromatic carbocycles. The lowest BCUT2D eigenvalue weighted by atomic mass is 9.92. The van der Waals surface area contributed by atoms with Crippen molar-refractivity contribution in [2.75, 3.05) is 5.32 Å². The normalized spacial score (nSPS) is 11.7. The van der Waals surface area contributed by atoms with Crippen molar-refractivity contribution in [1.29, 1.82) is 0 Å². The molecule has 2 aromatic heterocycles. The summed E-state index contributed by atoms with van der Waals surface area (Å²) in [5, 5.41) is 14.2. The van der Waals surface area contributed by atoms with Crippen molar-refractivity contribution in [3.8, 4) is 0 Å². The minimum Gasteiger partial charge on any atom is -0.309 e. The zero-order valence-corrected chi connectivity index (χ0v) is 13.3. The van der Waals surface area contributed by atoms with Crippen molar-refractivity contribution in [2.24, 2.45) is 0 Å². The lowest BCUT2D eigenvalue weighted by Crippen LogP contribution is -2.16. The van der Waals surface area contributed by atoms with E-state index >= 15 is 0 Å². The molecule has 1 amide bonds. The molecule has 0 saturated carbocycles. The van der Waals surface area contributed by atoms with Crippen LogP contribution in [0.4, 0.5) is 5.82 Å². The molecule has 0 unspecified atom stereocenters. The van der Waals surface area contributed by atoms with Crippen LogP contribution in [0.5, 0.6) is 0 Å². The maximum atomic E-state index is 12.0. The van der Waals surface area contributed by atoms with Crippen molar-refractivity contribution in [3.05, 3.63) is 29.2 Å². The number of aromatic amines is 1. The number of carbonyl (C=O) groups excluding carboxylic acids is 1. The third-order valence-electron chi connectivity index (χ3n) is 3.31. The summed E-state index contributed by atoms with van der Waals surface area (Å²) in [6.07, 6.45) is 0.375. The first-order chi connectivity index (χ1) is 9.75. The first-order valence-corrected chi connectivity index (χ1v) is 7.12. The Kier molecular flexibility index (Phi) is 4.16. The molecular formula is C15H23N5O. The van der Waals surface area contributed by atoms with E-state index in [0.717, 1.165) is 17.1 Å². The van der Waals surface area contributed by atoms with Gasteiger partial charge in [-0.3, -0.25) is 14.6 Å². The minimum absolute atomic E-state index is 0.0142. The van der Waals surface area contributed by atoms with E-state index in [9.17, 15) is 4.79 Å². The van der Waals surface area contributed by atoms with Crippen LogP contribution in [0.2, 0.25) is 0 Å². The van der Waals surface area contributed by atoms with Gasteiger partial charge in [0.15, 0.2) is 5.82 Å². The molecule has 0 atom stereocenters. The predicted molar refractivity (Wildman–Crippen MR) is 82.2 cm³/mol. The van der Waals surface area contributed by atoms with Crippen molar-refractivity contribution in [2.45, 2.75) is 53.0 Å². The fourth-order valence-corrected chi connectivity index (χ4v) is 2.08. The molecule has 0 aliphatic carbocycles. The second-order valence-electron chi connectivity index (χ2n) is 6.37. The Morgan fingerprint density at radius 3 is 2.57 bits per heavy atom. The Morgan fingerprint density at radius 1 is 1.33 bits per heavy atom. The van der Waals surface area contributed by atoms with Crippen LogP contribution in [0.25, 0.3) is 0 Å². The first-order valence-electron chi connectivity index (χ1n) is 7.12. The zero-order chi connectivity index (χ0) is 15.6. The highest BCUT2D eigenvalue weighted by atomic mass is 16.1. The van der Waals surface area contributed by atoms with Crippen LogP contribution >= 0.6 is 0 Å². The van der Waals surface area contributed by atoms with Crippen molar-refractivity contribution in [1.82, 2.24) is 20.0 Å². The molecular weight excluding hydrogens is 266 g/mol. The summed E-state index contributed by atoms with van der Waals surface area (Å²) in [6.45, 7) is 10.8. The molecule has 2 heterocycles. The average molecular weight is 289 g/mol. The molecule has 0 spiro atoms. The van der Waals surface area contributed by atoms with E-state index in [2.05, 4.69) is 41.4 Å². The summed E-state index contributed by atoms with van der Waals surface area (Å²) in [5.74, 6) is 0.507. The summed E-state index contributed by atoms with van der Waals surface area (Å²) in [4.78, 5) is 12.0. The van der Waals surface area contributed by atoms with Gasteiger partial charge in [-0.2, -0.15) is 10.2 Å². The van der Waals surface area contributed by atoms with Gasteiger partial charge < -0.3 is 5.32 Å². The first kappa shape index (κ1) is 15.3. The van der Waals surface area contributed by atoms with Gasteiger partial charge in [0.25, 0.3) is 0 Å². The summed E-state index contributed by atoms with van der Waals surface area (Å²) in [6, 6.07) is 3.88. The molecule has 6 heteroatoms. The average Bonchev–Trinajstić information content (AvgIpc) is 2.93. The number of hydrogen-bond acceptors (Lipinski definition) is 3. The number of hydrogen-bond donors (Lipinski definition) is 2. The van der Waals surface area contributed by atoms with Crippen LogP contribution in [0.15, 0.2) is 12.1 Å². The van der Waals surface area contributed by atoms with E-state index in [1.165, 1.54) is 0 Å². The minimum atomic E-state index is -0.0606. The number of anilines is 1. The molecule has 6 nitrogen and oxygen atoms in total. The lowest BCUT2D eigenvalue weighted by molar-refractivity contribution is -0.116. The highest BCUT2D eigenvalue weighted by molar-refractivity contribution is 5.89. The molecule has 2 rings (SSSR count). The topological polar surface area (TPSA) is 75.6 Å². The molecule has 0 bridgehead atoms. The fourth-order valence-electron chi connectivity index (χ4n) is 2.08. The zero-order valence-electron chi connectivity index (χ0n) is 13.3. The van der Waals surface area contributed by atoms with Crippen LogP contribution in [0.3, 0.4) is 0 Å². The van der Waals surface area contributed by atoms with Gasteiger partial charge in [-0.25, -0.2) is 0 Å². The predicted octanol–water partition coefficient (Wildman–Crippen LogP) is 2.55. The van der Waals surface area contributed by atoms with Crippen molar-refractivity contribution in [3.63, 3.8) is 0 Å². The Bertz CT molecular complexity index is 633. The van der Waals surface area contributed by atoms with E-state index in [1.54, 1.807) is 0 Å². The number of nitrogens with one attached hydrogen (secondary N) is 2. The van der Waals surface area contributed by atoms with E-state index in [-0.39, 0.29) is 11.3 Å². The van der Waals surface area contributed by atoms with Crippen molar-refractivity contribution >= 4 is 11.7 Å². The molecule has 0 fully saturated rings. The quantitative estimate of drug-likeness (QED) is 0.908. The molecule has 0 aliphatic rings. The number of aryl methyl sites for hydroxylation is 3. The van der Waals surface area contributed by atoms with Gasteiger partial charge in [-0.15, -0.1) is 0 Å². The van der Waals surface area contributed by atoms with Crippen molar-refractivity contribution < 1.29 is 4.79 Å². The largest absolute Gasteiger partial charge is 0.309 e. The molecule has 0 aliphatic heterocycles. The standard InChI is InChI=1S/C15H23N5O/c1-10-8-11(2)20(19-10)7-6-14(21)16-13-9-12(17-18-13)15(3,4)5/h8-9H,6-7H2,1-5H3,(H2,16,17,18,21). The number of carbonyl (C=O) groups is 1. The van der Waals surface area contributed by atoms with Gasteiger partial charge in [0.05, 0.1) is 5.69 Å². The summed E-state index contributed by atoms with van der Waals surface area (Å²) in [7, 11) is 0. The molecule has 2 aromatic rings. The monoisotopic (exact) mass is 289 g/mol. The molecule has 0 saturated heterocycles. The Morgan fingerprint density at radius 2 is 2.05 bits per heavy atom. The van der Waals surface area contributed by atoms with Crippen LogP contribution in [-0.4, -0.2) is 25.9 Å². The highest BCUT2D eigenvalue weighted by Gasteiger charge is 2.17. The maximum Gasteiger partial charge on any atom is 0.227 e. The van der Waals surface area contributed by atoms with Gasteiger partial charge in [-0.05, 0) is 19.9 Å². The van der Waals surface area contributed by atoms with E-state index < -0.39 is 0 Å². The number of aromatic nitrogens is 4. The SMILES string of the molecule is Cc1cc(C)n(CCC(=O)Nc2cc(C(C)(C)C)[nH]n2)n1. The number of amides is 1. The van der Waals surface area contributed by atoms with Crippen LogP contribution in [0, 0.1) is 13.8 Å². The summed E-state index contributed by atoms with van der Waals surface area (Å²) >= 11 is 0. The van der Waals surface area contributed by atoms with Gasteiger partial charge in [-0.1, -0.05) is 20.8 Å². The number of nitrogens with zero attached hydrogens (tertiary/aromatic N) is 3. The Labute approximate surface area is 124 Å². The highest BCUT2D eigenvalue weighted by Crippen LogP contribution is 2.21. The van der Waals surface area contributed by atoms with E-state index in [4.69, 9.17) is 0 Å². The molecule has 21 heavy (non-hydrogen) atoms.